The number of nitrogens with zero attached hydrogens (tertiary/aromatic N) is 3. The SMILES string of the molecule is C=C1CN(C(=O)/C=C/CN(C)C)CCN1/C(=C\CC)C(C)=O.CCCc1ccccc1Cl. The molecule has 1 aliphatic heterocycles. The Morgan fingerprint density at radius 2 is 1.88 bits per heavy atom. The largest absolute Gasteiger partial charge is 0.340 e. The van der Waals surface area contributed by atoms with E-state index in [4.69, 9.17) is 11.6 Å². The third-order valence-electron chi connectivity index (χ3n) is 4.92. The van der Waals surface area contributed by atoms with Gasteiger partial charge in [-0.25, -0.2) is 0 Å². The van der Waals surface area contributed by atoms with Gasteiger partial charge in [-0.1, -0.05) is 68.8 Å². The number of Topliss-reactive ketones (excluding diaryl/α,β-unsaturated/α-hetero) is 1. The van der Waals surface area contributed by atoms with Crippen LogP contribution in [-0.4, -0.2) is 66.7 Å². The number of carbonyl (C=O) groups excluding carboxylic acids is 2. The maximum absolute atomic E-state index is 12.1. The Morgan fingerprint density at radius 3 is 2.41 bits per heavy atom. The zero-order valence-corrected chi connectivity index (χ0v) is 21.0. The smallest absolute Gasteiger partial charge is 0.246 e. The monoisotopic (exact) mass is 459 g/mol. The first-order valence-corrected chi connectivity index (χ1v) is 11.6. The molecule has 0 bridgehead atoms. The molecule has 32 heavy (non-hydrogen) atoms. The molecule has 1 saturated heterocycles. The van der Waals surface area contributed by atoms with Gasteiger partial charge >= 0.3 is 0 Å². The van der Waals surface area contributed by atoms with Crippen molar-refractivity contribution in [2.24, 2.45) is 0 Å². The van der Waals surface area contributed by atoms with E-state index in [1.165, 1.54) is 5.56 Å². The lowest BCUT2D eigenvalue weighted by Gasteiger charge is -2.38. The van der Waals surface area contributed by atoms with Gasteiger partial charge in [0.2, 0.25) is 5.91 Å². The Labute approximate surface area is 199 Å². The average molecular weight is 460 g/mol. The van der Waals surface area contributed by atoms with Crippen molar-refractivity contribution in [1.29, 1.82) is 0 Å². The molecule has 0 unspecified atom stereocenters. The Kier molecular flexibility index (Phi) is 12.7. The number of likely N-dealkylation sites (N-methyl/N-ethyl adjacent to an activating group) is 1. The third kappa shape index (κ3) is 9.41. The summed E-state index contributed by atoms with van der Waals surface area (Å²) in [7, 11) is 3.91. The summed E-state index contributed by atoms with van der Waals surface area (Å²) in [4.78, 5) is 29.6. The summed E-state index contributed by atoms with van der Waals surface area (Å²) in [5, 5.41) is 0.893. The number of hydrogen-bond donors (Lipinski definition) is 0. The second kappa shape index (κ2) is 14.6. The Morgan fingerprint density at radius 1 is 1.19 bits per heavy atom. The summed E-state index contributed by atoms with van der Waals surface area (Å²) in [5.74, 6) is 0.0279. The van der Waals surface area contributed by atoms with Gasteiger partial charge in [-0.3, -0.25) is 9.59 Å². The molecule has 0 radical (unpaired) electrons. The van der Waals surface area contributed by atoms with Crippen molar-refractivity contribution in [3.63, 3.8) is 0 Å². The van der Waals surface area contributed by atoms with E-state index < -0.39 is 0 Å². The fraction of sp³-hybridized carbons (Fsp3) is 0.462. The first-order chi connectivity index (χ1) is 15.2. The van der Waals surface area contributed by atoms with Crippen LogP contribution in [0.3, 0.4) is 0 Å². The molecule has 1 aromatic rings. The van der Waals surface area contributed by atoms with E-state index in [0.29, 0.717) is 25.3 Å². The van der Waals surface area contributed by atoms with Gasteiger partial charge in [0.25, 0.3) is 0 Å². The minimum Gasteiger partial charge on any atom is -0.340 e. The summed E-state index contributed by atoms with van der Waals surface area (Å²) in [5.41, 5.74) is 2.73. The fourth-order valence-corrected chi connectivity index (χ4v) is 3.55. The summed E-state index contributed by atoms with van der Waals surface area (Å²) in [6.45, 7) is 12.2. The lowest BCUT2D eigenvalue weighted by atomic mass is 10.1. The Balaban J connectivity index is 0.000000425. The summed E-state index contributed by atoms with van der Waals surface area (Å²) >= 11 is 5.90. The predicted molar refractivity (Wildman–Crippen MR) is 135 cm³/mol. The first kappa shape index (κ1) is 27.7. The number of rotatable bonds is 8. The molecule has 1 amide bonds. The number of hydrogen-bond acceptors (Lipinski definition) is 4. The van der Waals surface area contributed by atoms with Gasteiger partial charge in [0.15, 0.2) is 5.78 Å². The van der Waals surface area contributed by atoms with Crippen molar-refractivity contribution in [3.8, 4) is 0 Å². The molecule has 0 aromatic heterocycles. The molecule has 6 heteroatoms. The van der Waals surface area contributed by atoms with Gasteiger partial charge in [0.05, 0.1) is 12.2 Å². The molecule has 176 valence electrons. The fourth-order valence-electron chi connectivity index (χ4n) is 3.32. The van der Waals surface area contributed by atoms with Crippen molar-refractivity contribution in [2.45, 2.75) is 40.0 Å². The van der Waals surface area contributed by atoms with Gasteiger partial charge in [-0.15, -0.1) is 0 Å². The van der Waals surface area contributed by atoms with Crippen LogP contribution in [0.5, 0.6) is 0 Å². The molecular formula is C26H38ClN3O2. The number of halogens is 1. The zero-order valence-electron chi connectivity index (χ0n) is 20.2. The average Bonchev–Trinajstić information content (AvgIpc) is 2.74. The molecule has 0 aliphatic carbocycles. The van der Waals surface area contributed by atoms with Crippen LogP contribution in [-0.2, 0) is 16.0 Å². The molecule has 0 saturated carbocycles. The Hall–Kier alpha value is -2.37. The molecule has 5 nitrogen and oxygen atoms in total. The molecule has 2 rings (SSSR count). The van der Waals surface area contributed by atoms with Crippen molar-refractivity contribution >= 4 is 23.3 Å². The number of carbonyl (C=O) groups is 2. The zero-order chi connectivity index (χ0) is 24.1. The van der Waals surface area contributed by atoms with Gasteiger partial charge in [0.1, 0.15) is 0 Å². The predicted octanol–water partition coefficient (Wildman–Crippen LogP) is 4.94. The minimum absolute atomic E-state index is 0.00787. The van der Waals surface area contributed by atoms with Crippen molar-refractivity contribution in [2.75, 3.05) is 40.3 Å². The van der Waals surface area contributed by atoms with Gasteiger partial charge in [-0.2, -0.15) is 0 Å². The van der Waals surface area contributed by atoms with Gasteiger partial charge in [0, 0.05) is 43.4 Å². The highest BCUT2D eigenvalue weighted by molar-refractivity contribution is 6.31. The van der Waals surface area contributed by atoms with E-state index >= 15 is 0 Å². The van der Waals surface area contributed by atoms with E-state index in [0.717, 1.165) is 36.5 Å². The number of piperazine rings is 1. The van der Waals surface area contributed by atoms with Gasteiger partial charge in [-0.05, 0) is 38.6 Å². The van der Waals surface area contributed by atoms with Crippen LogP contribution in [0.1, 0.15) is 39.2 Å². The minimum atomic E-state index is -0.00787. The van der Waals surface area contributed by atoms with E-state index in [1.54, 1.807) is 17.9 Å². The molecule has 0 atom stereocenters. The van der Waals surface area contributed by atoms with Crippen LogP contribution in [0.2, 0.25) is 5.02 Å². The molecule has 0 spiro atoms. The van der Waals surface area contributed by atoms with Crippen LogP contribution in [0.25, 0.3) is 0 Å². The van der Waals surface area contributed by atoms with Crippen LogP contribution in [0.15, 0.2) is 60.5 Å². The molecule has 1 heterocycles. The molecule has 1 aromatic carbocycles. The first-order valence-electron chi connectivity index (χ1n) is 11.2. The number of amides is 1. The molecule has 0 N–H and O–H groups in total. The highest BCUT2D eigenvalue weighted by Gasteiger charge is 2.25. The van der Waals surface area contributed by atoms with E-state index in [2.05, 4.69) is 19.6 Å². The van der Waals surface area contributed by atoms with Crippen LogP contribution < -0.4 is 0 Å². The van der Waals surface area contributed by atoms with Crippen LogP contribution in [0, 0.1) is 0 Å². The number of aryl methyl sites for hydroxylation is 1. The van der Waals surface area contributed by atoms with Crippen molar-refractivity contribution < 1.29 is 9.59 Å². The number of ketones is 1. The van der Waals surface area contributed by atoms with Crippen LogP contribution >= 0.6 is 11.6 Å². The normalized spacial score (nSPS) is 14.6. The summed E-state index contributed by atoms with van der Waals surface area (Å²) < 4.78 is 0. The maximum atomic E-state index is 12.1. The highest BCUT2D eigenvalue weighted by Crippen LogP contribution is 2.19. The Bertz CT molecular complexity index is 830. The molecule has 1 aliphatic rings. The van der Waals surface area contributed by atoms with Crippen molar-refractivity contribution in [1.82, 2.24) is 14.7 Å². The lowest BCUT2D eigenvalue weighted by Crippen LogP contribution is -2.46. The highest BCUT2D eigenvalue weighted by atomic mass is 35.5. The lowest BCUT2D eigenvalue weighted by molar-refractivity contribution is -0.126. The van der Waals surface area contributed by atoms with Gasteiger partial charge < -0.3 is 14.7 Å². The second-order valence-corrected chi connectivity index (χ2v) is 8.44. The number of allylic oxidation sites excluding steroid dienone is 2. The van der Waals surface area contributed by atoms with Crippen molar-refractivity contribution in [3.05, 3.63) is 71.1 Å². The summed E-state index contributed by atoms with van der Waals surface area (Å²) in [6.07, 6.45) is 8.42. The third-order valence-corrected chi connectivity index (χ3v) is 5.29. The topological polar surface area (TPSA) is 43.9 Å². The van der Waals surface area contributed by atoms with E-state index in [9.17, 15) is 9.59 Å². The maximum Gasteiger partial charge on any atom is 0.246 e. The van der Waals surface area contributed by atoms with E-state index in [1.807, 2.05) is 61.2 Å². The van der Waals surface area contributed by atoms with E-state index in [-0.39, 0.29) is 11.7 Å². The molecular weight excluding hydrogens is 422 g/mol. The summed E-state index contributed by atoms with van der Waals surface area (Å²) in [6, 6.07) is 8.00. The standard InChI is InChI=1S/C17H27N3O2.C9H11Cl/c1-6-8-16(15(3)21)20-12-11-19(13-14(20)2)17(22)9-7-10-18(4)5;1-2-5-8-6-3-4-7-9(8)10/h7-9H,2,6,10-13H2,1,3-5H3;3-4,6-7H,2,5H2,1H3/b9-7+,16-8-;. The molecule has 1 fully saturated rings. The quantitative estimate of drug-likeness (QED) is 0.516. The van der Waals surface area contributed by atoms with Crippen LogP contribution in [0.4, 0.5) is 0 Å². The second-order valence-electron chi connectivity index (χ2n) is 8.04. The number of benzene rings is 1.